The second-order valence-corrected chi connectivity index (χ2v) is 5.72. The summed E-state index contributed by atoms with van der Waals surface area (Å²) in [6.45, 7) is -3.63. The van der Waals surface area contributed by atoms with Crippen molar-refractivity contribution >= 4 is 22.7 Å². The van der Waals surface area contributed by atoms with Gasteiger partial charge in [-0.25, -0.2) is 9.78 Å². The highest BCUT2D eigenvalue weighted by Gasteiger charge is 2.29. The van der Waals surface area contributed by atoms with Gasteiger partial charge in [0.2, 0.25) is 6.79 Å². The number of aromatic nitrogens is 2. The molecule has 0 amide bonds. The van der Waals surface area contributed by atoms with E-state index in [0.717, 1.165) is 12.1 Å². The first-order valence-corrected chi connectivity index (χ1v) is 7.95. The van der Waals surface area contributed by atoms with Crippen molar-refractivity contribution in [3.8, 4) is 11.5 Å². The predicted octanol–water partition coefficient (Wildman–Crippen LogP) is 3.43. The summed E-state index contributed by atoms with van der Waals surface area (Å²) in [7, 11) is 0. The van der Waals surface area contributed by atoms with E-state index in [-0.39, 0.29) is 35.2 Å². The lowest BCUT2D eigenvalue weighted by atomic mass is 10.1. The third-order valence-corrected chi connectivity index (χ3v) is 4.10. The SMILES string of the molecule is O=C(OCc1nc2ccccc2n1C(F)F)c1cc2c(cc1[N+](=O)[O-])OCO2. The number of halogens is 2. The minimum Gasteiger partial charge on any atom is -0.454 e. The molecule has 9 nitrogen and oxygen atoms in total. The standard InChI is InChI=1S/C17H11F2N3O6/c18-17(19)21-11-4-2-1-3-10(11)20-15(21)7-26-16(23)9-5-13-14(28-8-27-13)6-12(9)22(24)25/h1-6,17H,7-8H2. The number of nitrogens with zero attached hydrogens (tertiary/aromatic N) is 3. The minimum absolute atomic E-state index is 0.128. The van der Waals surface area contributed by atoms with Crippen LogP contribution in [0.2, 0.25) is 0 Å². The molecule has 1 aromatic heterocycles. The molecule has 2 aromatic carbocycles. The molecule has 0 aliphatic carbocycles. The molecule has 0 unspecified atom stereocenters. The van der Waals surface area contributed by atoms with Crippen LogP contribution in [-0.4, -0.2) is 27.2 Å². The lowest BCUT2D eigenvalue weighted by Gasteiger charge is -2.09. The van der Waals surface area contributed by atoms with E-state index >= 15 is 0 Å². The smallest absolute Gasteiger partial charge is 0.345 e. The Hall–Kier alpha value is -3.76. The molecule has 4 rings (SSSR count). The number of esters is 1. The lowest BCUT2D eigenvalue weighted by Crippen LogP contribution is -2.12. The Kier molecular flexibility index (Phi) is 4.26. The summed E-state index contributed by atoms with van der Waals surface area (Å²) in [5, 5.41) is 11.2. The van der Waals surface area contributed by atoms with Gasteiger partial charge in [-0.1, -0.05) is 12.1 Å². The molecule has 0 bridgehead atoms. The molecule has 144 valence electrons. The molecular formula is C17H11F2N3O6. The Morgan fingerprint density at radius 3 is 2.71 bits per heavy atom. The zero-order chi connectivity index (χ0) is 19.8. The zero-order valence-corrected chi connectivity index (χ0v) is 14.0. The maximum atomic E-state index is 13.4. The predicted molar refractivity (Wildman–Crippen MR) is 89.3 cm³/mol. The van der Waals surface area contributed by atoms with Crippen LogP contribution < -0.4 is 9.47 Å². The summed E-state index contributed by atoms with van der Waals surface area (Å²) in [5.74, 6) is -0.981. The second kappa shape index (κ2) is 6.76. The van der Waals surface area contributed by atoms with Crippen LogP contribution in [0.5, 0.6) is 11.5 Å². The first-order chi connectivity index (χ1) is 13.5. The number of hydrogen-bond acceptors (Lipinski definition) is 7. The highest BCUT2D eigenvalue weighted by atomic mass is 19.3. The van der Waals surface area contributed by atoms with Crippen molar-refractivity contribution in [2.45, 2.75) is 13.2 Å². The van der Waals surface area contributed by atoms with E-state index in [1.165, 1.54) is 6.07 Å². The van der Waals surface area contributed by atoms with Gasteiger partial charge in [0, 0.05) is 6.07 Å². The largest absolute Gasteiger partial charge is 0.454 e. The molecule has 1 aliphatic rings. The van der Waals surface area contributed by atoms with Crippen LogP contribution in [0.4, 0.5) is 14.5 Å². The van der Waals surface area contributed by atoms with Crippen molar-refractivity contribution in [3.63, 3.8) is 0 Å². The third kappa shape index (κ3) is 2.96. The van der Waals surface area contributed by atoms with Gasteiger partial charge in [0.25, 0.3) is 5.69 Å². The Balaban J connectivity index is 1.63. The Labute approximate surface area is 155 Å². The molecule has 3 aromatic rings. The van der Waals surface area contributed by atoms with Gasteiger partial charge < -0.3 is 14.2 Å². The zero-order valence-electron chi connectivity index (χ0n) is 14.0. The molecule has 0 radical (unpaired) electrons. The number of carbonyl (C=O) groups excluding carboxylic acids is 1. The normalized spacial score (nSPS) is 12.5. The first kappa shape index (κ1) is 17.6. The molecule has 1 aliphatic heterocycles. The van der Waals surface area contributed by atoms with Gasteiger partial charge in [0.05, 0.1) is 22.0 Å². The quantitative estimate of drug-likeness (QED) is 0.373. The third-order valence-electron chi connectivity index (χ3n) is 4.10. The van der Waals surface area contributed by atoms with Crippen LogP contribution >= 0.6 is 0 Å². The average molecular weight is 391 g/mol. The van der Waals surface area contributed by atoms with Crippen LogP contribution in [0.3, 0.4) is 0 Å². The maximum absolute atomic E-state index is 13.4. The van der Waals surface area contributed by atoms with Gasteiger partial charge in [0.15, 0.2) is 17.3 Å². The van der Waals surface area contributed by atoms with E-state index < -0.39 is 29.7 Å². The number of ether oxygens (including phenoxy) is 3. The number of imidazole rings is 1. The summed E-state index contributed by atoms with van der Waals surface area (Å²) in [4.78, 5) is 26.9. The number of rotatable bonds is 5. The van der Waals surface area contributed by atoms with E-state index in [4.69, 9.17) is 14.2 Å². The fourth-order valence-corrected chi connectivity index (χ4v) is 2.87. The van der Waals surface area contributed by atoms with Crippen molar-refractivity contribution in [3.05, 3.63) is 57.9 Å². The maximum Gasteiger partial charge on any atom is 0.345 e. The number of para-hydroxylation sites is 2. The number of hydrogen-bond donors (Lipinski definition) is 0. The highest BCUT2D eigenvalue weighted by Crippen LogP contribution is 2.38. The number of fused-ring (bicyclic) bond motifs is 2. The summed E-state index contributed by atoms with van der Waals surface area (Å²) < 4.78 is 42.7. The monoisotopic (exact) mass is 391 g/mol. The number of nitro benzene ring substituents is 1. The average Bonchev–Trinajstić information content (AvgIpc) is 3.28. The topological polar surface area (TPSA) is 106 Å². The van der Waals surface area contributed by atoms with Crippen molar-refractivity contribution in [2.75, 3.05) is 6.79 Å². The molecule has 0 atom stereocenters. The molecule has 0 saturated carbocycles. The van der Waals surface area contributed by atoms with Crippen molar-refractivity contribution in [1.82, 2.24) is 9.55 Å². The minimum atomic E-state index is -2.90. The molecule has 28 heavy (non-hydrogen) atoms. The van der Waals surface area contributed by atoms with E-state index in [9.17, 15) is 23.7 Å². The van der Waals surface area contributed by atoms with Crippen LogP contribution in [0, 0.1) is 10.1 Å². The van der Waals surface area contributed by atoms with Crippen molar-refractivity contribution in [2.24, 2.45) is 0 Å². The Bertz CT molecular complexity index is 1100. The summed E-state index contributed by atoms with van der Waals surface area (Å²) in [5.41, 5.74) is -0.439. The fraction of sp³-hybridized carbons (Fsp3) is 0.176. The molecule has 11 heteroatoms. The van der Waals surface area contributed by atoms with E-state index in [0.29, 0.717) is 10.1 Å². The van der Waals surface area contributed by atoms with Crippen molar-refractivity contribution in [1.29, 1.82) is 0 Å². The molecule has 0 N–H and O–H groups in total. The highest BCUT2D eigenvalue weighted by molar-refractivity contribution is 5.95. The van der Waals surface area contributed by atoms with Gasteiger partial charge in [0.1, 0.15) is 12.2 Å². The van der Waals surface area contributed by atoms with E-state index in [1.54, 1.807) is 18.2 Å². The number of nitro groups is 1. The van der Waals surface area contributed by atoms with Gasteiger partial charge >= 0.3 is 12.5 Å². The Morgan fingerprint density at radius 1 is 1.29 bits per heavy atom. The van der Waals surface area contributed by atoms with Crippen LogP contribution in [0.1, 0.15) is 22.7 Å². The van der Waals surface area contributed by atoms with Crippen LogP contribution in [0.15, 0.2) is 36.4 Å². The van der Waals surface area contributed by atoms with E-state index in [1.807, 2.05) is 0 Å². The van der Waals surface area contributed by atoms with Crippen molar-refractivity contribution < 1.29 is 32.7 Å². The summed E-state index contributed by atoms with van der Waals surface area (Å²) in [6.07, 6.45) is 0. The van der Waals surface area contributed by atoms with Gasteiger partial charge in [-0.3, -0.25) is 14.7 Å². The second-order valence-electron chi connectivity index (χ2n) is 5.72. The van der Waals surface area contributed by atoms with Crippen LogP contribution in [0.25, 0.3) is 11.0 Å². The van der Waals surface area contributed by atoms with E-state index in [2.05, 4.69) is 4.98 Å². The van der Waals surface area contributed by atoms with Gasteiger partial charge in [-0.15, -0.1) is 0 Å². The number of benzene rings is 2. The first-order valence-electron chi connectivity index (χ1n) is 7.95. The molecule has 2 heterocycles. The van der Waals surface area contributed by atoms with Gasteiger partial charge in [-0.05, 0) is 12.1 Å². The fourth-order valence-electron chi connectivity index (χ4n) is 2.87. The van der Waals surface area contributed by atoms with Gasteiger partial charge in [-0.2, -0.15) is 8.78 Å². The number of carbonyl (C=O) groups is 1. The molecule has 0 fully saturated rings. The molecule has 0 saturated heterocycles. The molecule has 0 spiro atoms. The Morgan fingerprint density at radius 2 is 2.00 bits per heavy atom. The lowest BCUT2D eigenvalue weighted by molar-refractivity contribution is -0.385. The summed E-state index contributed by atoms with van der Waals surface area (Å²) >= 11 is 0. The summed E-state index contributed by atoms with van der Waals surface area (Å²) in [6, 6.07) is 8.39. The number of alkyl halides is 2. The molecular weight excluding hydrogens is 380 g/mol. The van der Waals surface area contributed by atoms with Crippen LogP contribution in [-0.2, 0) is 11.3 Å².